The second-order valence-electron chi connectivity index (χ2n) is 3.48. The van der Waals surface area contributed by atoms with Crippen LogP contribution in [0.15, 0.2) is 24.3 Å². The van der Waals surface area contributed by atoms with Crippen LogP contribution >= 0.6 is 0 Å². The molecule has 0 aliphatic heterocycles. The van der Waals surface area contributed by atoms with Crippen LogP contribution in [-0.4, -0.2) is 17.0 Å². The maximum atomic E-state index is 11.6. The van der Waals surface area contributed by atoms with Crippen molar-refractivity contribution in [2.75, 3.05) is 5.32 Å². The summed E-state index contributed by atoms with van der Waals surface area (Å²) in [7, 11) is 0. The number of carboxylic acid groups (broad SMARTS) is 1. The van der Waals surface area contributed by atoms with Crippen LogP contribution in [0.5, 0.6) is 0 Å². The number of anilines is 1. The fourth-order valence-electron chi connectivity index (χ4n) is 1.33. The van der Waals surface area contributed by atoms with Gasteiger partial charge in [-0.3, -0.25) is 9.59 Å². The lowest BCUT2D eigenvalue weighted by Crippen LogP contribution is -2.28. The number of rotatable bonds is 4. The summed E-state index contributed by atoms with van der Waals surface area (Å²) in [6, 6.07) is 8.18. The summed E-state index contributed by atoms with van der Waals surface area (Å²) in [6.07, 6.45) is 0.234. The van der Waals surface area contributed by atoms with Crippen LogP contribution in [0.25, 0.3) is 0 Å². The molecular weight excluding hydrogens is 220 g/mol. The summed E-state index contributed by atoms with van der Waals surface area (Å²) in [5.41, 5.74) is 0.960. The van der Waals surface area contributed by atoms with Crippen molar-refractivity contribution < 1.29 is 14.7 Å². The monoisotopic (exact) mass is 232 g/mol. The zero-order chi connectivity index (χ0) is 12.8. The van der Waals surface area contributed by atoms with Crippen LogP contribution in [0.4, 0.5) is 5.69 Å². The molecule has 0 aromatic heterocycles. The fourth-order valence-corrected chi connectivity index (χ4v) is 1.33. The highest BCUT2D eigenvalue weighted by Gasteiger charge is 2.23. The van der Waals surface area contributed by atoms with Crippen LogP contribution in [0.3, 0.4) is 0 Å². The molecule has 0 bridgehead atoms. The highest BCUT2D eigenvalue weighted by atomic mass is 16.4. The van der Waals surface area contributed by atoms with Gasteiger partial charge in [-0.05, 0) is 30.7 Å². The third-order valence-electron chi connectivity index (χ3n) is 2.30. The van der Waals surface area contributed by atoms with Crippen LogP contribution in [0.1, 0.15) is 18.9 Å². The van der Waals surface area contributed by atoms with Crippen molar-refractivity contribution >= 4 is 17.6 Å². The van der Waals surface area contributed by atoms with Gasteiger partial charge in [0.15, 0.2) is 0 Å². The summed E-state index contributed by atoms with van der Waals surface area (Å²) in [6.45, 7) is 1.64. The maximum Gasteiger partial charge on any atom is 0.316 e. The molecule has 1 aromatic carbocycles. The molecule has 0 aliphatic carbocycles. The van der Waals surface area contributed by atoms with E-state index in [4.69, 9.17) is 10.4 Å². The average molecular weight is 232 g/mol. The predicted molar refractivity (Wildman–Crippen MR) is 61.2 cm³/mol. The Balaban J connectivity index is 2.74. The van der Waals surface area contributed by atoms with Gasteiger partial charge in [0.25, 0.3) is 0 Å². The van der Waals surface area contributed by atoms with Crippen LogP contribution in [0.2, 0.25) is 0 Å². The van der Waals surface area contributed by atoms with Gasteiger partial charge in [0.2, 0.25) is 5.91 Å². The third-order valence-corrected chi connectivity index (χ3v) is 2.30. The minimum Gasteiger partial charge on any atom is -0.481 e. The number of nitrogens with one attached hydrogen (secondary N) is 1. The van der Waals surface area contributed by atoms with E-state index in [2.05, 4.69) is 5.32 Å². The summed E-state index contributed by atoms with van der Waals surface area (Å²) in [5.74, 6) is -2.74. The standard InChI is InChI=1S/C12H12N2O3/c1-2-10(12(16)17)11(15)14-9-5-3-8(7-13)4-6-9/h3-6,10H,2H2,1H3,(H,14,15)(H,16,17). The van der Waals surface area contributed by atoms with Crippen molar-refractivity contribution in [1.29, 1.82) is 5.26 Å². The number of nitriles is 1. The first-order valence-corrected chi connectivity index (χ1v) is 5.12. The first-order valence-electron chi connectivity index (χ1n) is 5.12. The second-order valence-corrected chi connectivity index (χ2v) is 3.48. The minimum absolute atomic E-state index is 0.234. The number of hydrogen-bond acceptors (Lipinski definition) is 3. The number of carbonyl (C=O) groups excluding carboxylic acids is 1. The molecule has 0 aliphatic rings. The van der Waals surface area contributed by atoms with Gasteiger partial charge >= 0.3 is 5.97 Å². The minimum atomic E-state index is -1.14. The Morgan fingerprint density at radius 2 is 2.00 bits per heavy atom. The topological polar surface area (TPSA) is 90.2 Å². The van der Waals surface area contributed by atoms with E-state index in [1.165, 1.54) is 0 Å². The van der Waals surface area contributed by atoms with Crippen LogP contribution in [0, 0.1) is 17.2 Å². The quantitative estimate of drug-likeness (QED) is 0.771. The number of aliphatic carboxylic acids is 1. The molecule has 2 N–H and O–H groups in total. The van der Waals surface area contributed by atoms with Crippen LogP contribution in [-0.2, 0) is 9.59 Å². The lowest BCUT2D eigenvalue weighted by atomic mass is 10.1. The average Bonchev–Trinajstić information content (AvgIpc) is 2.30. The largest absolute Gasteiger partial charge is 0.481 e. The molecule has 5 heteroatoms. The number of amides is 1. The summed E-state index contributed by atoms with van der Waals surface area (Å²) in [4.78, 5) is 22.3. The predicted octanol–water partition coefficient (Wildman–Crippen LogP) is 1.61. The maximum absolute atomic E-state index is 11.6. The Kier molecular flexibility index (Phi) is 4.23. The highest BCUT2D eigenvalue weighted by Crippen LogP contribution is 2.12. The molecule has 0 heterocycles. The normalized spacial score (nSPS) is 11.3. The molecule has 0 saturated heterocycles. The third kappa shape index (κ3) is 3.31. The summed E-state index contributed by atoms with van der Waals surface area (Å²) >= 11 is 0. The van der Waals surface area contributed by atoms with Crippen molar-refractivity contribution in [2.45, 2.75) is 13.3 Å². The van der Waals surface area contributed by atoms with Crippen molar-refractivity contribution in [3.63, 3.8) is 0 Å². The fraction of sp³-hybridized carbons (Fsp3) is 0.250. The number of benzene rings is 1. The smallest absolute Gasteiger partial charge is 0.316 e. The van der Waals surface area contributed by atoms with E-state index in [-0.39, 0.29) is 6.42 Å². The van der Waals surface area contributed by atoms with E-state index in [1.54, 1.807) is 31.2 Å². The number of nitrogens with zero attached hydrogens (tertiary/aromatic N) is 1. The second kappa shape index (κ2) is 5.66. The molecule has 5 nitrogen and oxygen atoms in total. The van der Waals surface area contributed by atoms with Crippen molar-refractivity contribution in [1.82, 2.24) is 0 Å². The van der Waals surface area contributed by atoms with E-state index >= 15 is 0 Å². The summed E-state index contributed by atoms with van der Waals surface area (Å²) < 4.78 is 0. The molecule has 88 valence electrons. The summed E-state index contributed by atoms with van der Waals surface area (Å²) in [5, 5.41) is 19.9. The molecule has 17 heavy (non-hydrogen) atoms. The molecule has 0 spiro atoms. The molecule has 1 amide bonds. The Morgan fingerprint density at radius 1 is 1.41 bits per heavy atom. The first-order chi connectivity index (χ1) is 8.08. The van der Waals surface area contributed by atoms with E-state index in [1.807, 2.05) is 6.07 Å². The molecule has 1 atom stereocenters. The number of carbonyl (C=O) groups is 2. The lowest BCUT2D eigenvalue weighted by molar-refractivity contribution is -0.145. The van der Waals surface area contributed by atoms with Crippen molar-refractivity contribution in [2.24, 2.45) is 5.92 Å². The van der Waals surface area contributed by atoms with E-state index in [0.29, 0.717) is 11.3 Å². The molecule has 1 aromatic rings. The van der Waals surface area contributed by atoms with Gasteiger partial charge in [-0.1, -0.05) is 6.92 Å². The molecule has 0 saturated carbocycles. The zero-order valence-corrected chi connectivity index (χ0v) is 9.30. The SMILES string of the molecule is CCC(C(=O)O)C(=O)Nc1ccc(C#N)cc1. The van der Waals surface area contributed by atoms with Gasteiger partial charge in [0.1, 0.15) is 5.92 Å². The lowest BCUT2D eigenvalue weighted by Gasteiger charge is -2.10. The van der Waals surface area contributed by atoms with Gasteiger partial charge in [-0.2, -0.15) is 5.26 Å². The molecule has 0 radical (unpaired) electrons. The first kappa shape index (κ1) is 12.7. The van der Waals surface area contributed by atoms with E-state index in [0.717, 1.165) is 0 Å². The van der Waals surface area contributed by atoms with Gasteiger partial charge in [0.05, 0.1) is 11.6 Å². The van der Waals surface area contributed by atoms with Gasteiger partial charge in [-0.25, -0.2) is 0 Å². The molecule has 1 rings (SSSR count). The molecule has 0 fully saturated rings. The Labute approximate surface area is 98.7 Å². The van der Waals surface area contributed by atoms with Crippen molar-refractivity contribution in [3.8, 4) is 6.07 Å². The number of hydrogen-bond donors (Lipinski definition) is 2. The Hall–Kier alpha value is -2.35. The van der Waals surface area contributed by atoms with E-state index < -0.39 is 17.8 Å². The van der Waals surface area contributed by atoms with Gasteiger partial charge < -0.3 is 10.4 Å². The zero-order valence-electron chi connectivity index (χ0n) is 9.30. The Bertz CT molecular complexity index is 460. The Morgan fingerprint density at radius 3 is 2.41 bits per heavy atom. The number of carboxylic acids is 1. The highest BCUT2D eigenvalue weighted by molar-refractivity contribution is 6.04. The van der Waals surface area contributed by atoms with Crippen LogP contribution < -0.4 is 5.32 Å². The van der Waals surface area contributed by atoms with Crippen molar-refractivity contribution in [3.05, 3.63) is 29.8 Å². The van der Waals surface area contributed by atoms with E-state index in [9.17, 15) is 9.59 Å². The van der Waals surface area contributed by atoms with Gasteiger partial charge in [0, 0.05) is 5.69 Å². The van der Waals surface area contributed by atoms with Gasteiger partial charge in [-0.15, -0.1) is 0 Å². The molecular formula is C12H12N2O3. The molecule has 1 unspecified atom stereocenters.